The van der Waals surface area contributed by atoms with Crippen molar-refractivity contribution < 1.29 is 9.90 Å². The number of likely N-dealkylation sites (tertiary alicyclic amines) is 1. The zero-order valence-corrected chi connectivity index (χ0v) is 14.0. The van der Waals surface area contributed by atoms with Gasteiger partial charge in [-0.05, 0) is 37.6 Å². The highest BCUT2D eigenvalue weighted by Crippen LogP contribution is 2.21. The Bertz CT molecular complexity index is 752. The molecule has 0 saturated carbocycles. The monoisotopic (exact) mass is 335 g/mol. The van der Waals surface area contributed by atoms with Crippen molar-refractivity contribution in [1.29, 1.82) is 0 Å². The van der Waals surface area contributed by atoms with Gasteiger partial charge in [0.1, 0.15) is 4.83 Å². The first-order valence-electron chi connectivity index (χ1n) is 7.98. The normalized spacial score (nSPS) is 19.9. The molecule has 6 nitrogen and oxygen atoms in total. The van der Waals surface area contributed by atoms with Gasteiger partial charge in [0, 0.05) is 19.5 Å². The number of carbonyl (C=O) groups excluding carboxylic acids is 1. The number of hydrogen-bond acceptors (Lipinski definition) is 5. The van der Waals surface area contributed by atoms with Crippen LogP contribution in [0.4, 0.5) is 0 Å². The molecule has 3 heterocycles. The van der Waals surface area contributed by atoms with Crippen LogP contribution in [0.15, 0.2) is 22.6 Å². The minimum absolute atomic E-state index is 0.00656. The molecule has 23 heavy (non-hydrogen) atoms. The number of piperidine rings is 1. The zero-order chi connectivity index (χ0) is 16.4. The number of aliphatic hydroxyl groups excluding tert-OH is 1. The molecule has 3 rings (SSSR count). The van der Waals surface area contributed by atoms with Crippen LogP contribution in [0, 0.1) is 0 Å². The lowest BCUT2D eigenvalue weighted by Gasteiger charge is -2.37. The predicted molar refractivity (Wildman–Crippen MR) is 89.5 cm³/mol. The lowest BCUT2D eigenvalue weighted by atomic mass is 9.98. The molecular weight excluding hydrogens is 314 g/mol. The first-order valence-corrected chi connectivity index (χ1v) is 8.86. The van der Waals surface area contributed by atoms with Crippen LogP contribution in [-0.2, 0) is 11.3 Å². The fraction of sp³-hybridized carbons (Fsp3) is 0.562. The van der Waals surface area contributed by atoms with E-state index in [4.69, 9.17) is 0 Å². The lowest BCUT2D eigenvalue weighted by Crippen LogP contribution is -2.49. The third kappa shape index (κ3) is 3.30. The molecule has 0 radical (unpaired) electrons. The molecular formula is C16H21N3O3S. The Balaban J connectivity index is 1.70. The van der Waals surface area contributed by atoms with Crippen molar-refractivity contribution in [2.75, 3.05) is 6.54 Å². The first-order chi connectivity index (χ1) is 11.1. The van der Waals surface area contributed by atoms with Crippen LogP contribution in [0.2, 0.25) is 0 Å². The van der Waals surface area contributed by atoms with E-state index >= 15 is 0 Å². The van der Waals surface area contributed by atoms with Crippen LogP contribution in [-0.4, -0.2) is 44.2 Å². The Morgan fingerprint density at radius 2 is 2.35 bits per heavy atom. The van der Waals surface area contributed by atoms with E-state index in [1.807, 2.05) is 5.38 Å². The van der Waals surface area contributed by atoms with Crippen LogP contribution in [0.5, 0.6) is 0 Å². The molecule has 1 aliphatic heterocycles. The van der Waals surface area contributed by atoms with Gasteiger partial charge in [0.2, 0.25) is 5.91 Å². The van der Waals surface area contributed by atoms with Gasteiger partial charge < -0.3 is 10.0 Å². The number of fused-ring (bicyclic) bond motifs is 1. The minimum Gasteiger partial charge on any atom is -0.391 e. The summed E-state index contributed by atoms with van der Waals surface area (Å²) in [4.78, 5) is 31.6. The molecule has 1 fully saturated rings. The van der Waals surface area contributed by atoms with Gasteiger partial charge in [0.15, 0.2) is 0 Å². The lowest BCUT2D eigenvalue weighted by molar-refractivity contribution is -0.137. The molecule has 1 aliphatic rings. The van der Waals surface area contributed by atoms with E-state index in [-0.39, 0.29) is 23.9 Å². The van der Waals surface area contributed by atoms with E-state index in [2.05, 4.69) is 4.98 Å². The van der Waals surface area contributed by atoms with E-state index in [9.17, 15) is 14.7 Å². The molecule has 1 amide bonds. The number of carbonyl (C=O) groups is 1. The molecule has 2 unspecified atom stereocenters. The second kappa shape index (κ2) is 6.80. The Morgan fingerprint density at radius 3 is 3.13 bits per heavy atom. The summed E-state index contributed by atoms with van der Waals surface area (Å²) < 4.78 is 1.49. The average molecular weight is 335 g/mol. The van der Waals surface area contributed by atoms with Crippen LogP contribution >= 0.6 is 11.3 Å². The van der Waals surface area contributed by atoms with Crippen LogP contribution in [0.3, 0.4) is 0 Å². The molecule has 0 spiro atoms. The summed E-state index contributed by atoms with van der Waals surface area (Å²) in [5.74, 6) is -0.00656. The van der Waals surface area contributed by atoms with E-state index in [0.717, 1.165) is 24.1 Å². The maximum Gasteiger partial charge on any atom is 0.262 e. The summed E-state index contributed by atoms with van der Waals surface area (Å²) in [7, 11) is 0. The van der Waals surface area contributed by atoms with E-state index in [0.29, 0.717) is 18.5 Å². The van der Waals surface area contributed by atoms with Gasteiger partial charge in [0.05, 0.1) is 23.9 Å². The standard InChI is InChI=1S/C16H21N3O3S/c1-11(20)13-4-2-3-7-19(13)14(21)5-8-18-10-17-15-12(16(18)22)6-9-23-15/h6,9-11,13,20H,2-5,7-8H2,1H3. The maximum atomic E-state index is 12.5. The van der Waals surface area contributed by atoms with E-state index in [1.165, 1.54) is 22.2 Å². The smallest absolute Gasteiger partial charge is 0.262 e. The summed E-state index contributed by atoms with van der Waals surface area (Å²) in [6.45, 7) is 2.74. The van der Waals surface area contributed by atoms with Crippen molar-refractivity contribution in [3.63, 3.8) is 0 Å². The summed E-state index contributed by atoms with van der Waals surface area (Å²) in [5, 5.41) is 12.3. The van der Waals surface area contributed by atoms with Gasteiger partial charge in [-0.3, -0.25) is 14.2 Å². The molecule has 2 atom stereocenters. The van der Waals surface area contributed by atoms with Gasteiger partial charge in [0.25, 0.3) is 5.56 Å². The molecule has 1 saturated heterocycles. The second-order valence-corrected chi connectivity index (χ2v) is 6.92. The average Bonchev–Trinajstić information content (AvgIpc) is 3.03. The number of amides is 1. The Morgan fingerprint density at radius 1 is 1.52 bits per heavy atom. The quantitative estimate of drug-likeness (QED) is 0.921. The van der Waals surface area contributed by atoms with Crippen molar-refractivity contribution in [2.24, 2.45) is 0 Å². The zero-order valence-electron chi connectivity index (χ0n) is 13.1. The number of thiophene rings is 1. The number of nitrogens with zero attached hydrogens (tertiary/aromatic N) is 3. The number of aliphatic hydroxyl groups is 1. The highest BCUT2D eigenvalue weighted by atomic mass is 32.1. The van der Waals surface area contributed by atoms with Crippen LogP contribution in [0.25, 0.3) is 10.2 Å². The molecule has 124 valence electrons. The summed E-state index contributed by atoms with van der Waals surface area (Å²) >= 11 is 1.43. The van der Waals surface area contributed by atoms with Gasteiger partial charge in [-0.15, -0.1) is 11.3 Å². The van der Waals surface area contributed by atoms with E-state index in [1.54, 1.807) is 17.9 Å². The van der Waals surface area contributed by atoms with Gasteiger partial charge in [-0.25, -0.2) is 4.98 Å². The molecule has 2 aromatic heterocycles. The Hall–Kier alpha value is -1.73. The van der Waals surface area contributed by atoms with Gasteiger partial charge in [-0.1, -0.05) is 0 Å². The number of hydrogen-bond donors (Lipinski definition) is 1. The fourth-order valence-corrected chi connectivity index (χ4v) is 3.90. The van der Waals surface area contributed by atoms with Crippen molar-refractivity contribution >= 4 is 27.5 Å². The molecule has 7 heteroatoms. The molecule has 0 aromatic carbocycles. The molecule has 1 N–H and O–H groups in total. The van der Waals surface area contributed by atoms with Crippen molar-refractivity contribution in [3.8, 4) is 0 Å². The topological polar surface area (TPSA) is 75.4 Å². The number of aryl methyl sites for hydroxylation is 1. The summed E-state index contributed by atoms with van der Waals surface area (Å²) in [5.41, 5.74) is -0.102. The highest BCUT2D eigenvalue weighted by Gasteiger charge is 2.29. The minimum atomic E-state index is -0.522. The number of rotatable bonds is 4. The van der Waals surface area contributed by atoms with Gasteiger partial charge in [-0.2, -0.15) is 0 Å². The third-order valence-corrected chi connectivity index (χ3v) is 5.26. The number of aromatic nitrogens is 2. The summed E-state index contributed by atoms with van der Waals surface area (Å²) in [6, 6.07) is 1.66. The SMILES string of the molecule is CC(O)C1CCCCN1C(=O)CCn1cnc2sccc2c1=O. The Kier molecular flexibility index (Phi) is 4.77. The van der Waals surface area contributed by atoms with Crippen molar-refractivity contribution in [3.05, 3.63) is 28.1 Å². The van der Waals surface area contributed by atoms with E-state index < -0.39 is 6.10 Å². The third-order valence-electron chi connectivity index (χ3n) is 4.44. The largest absolute Gasteiger partial charge is 0.391 e. The van der Waals surface area contributed by atoms with Crippen LogP contribution < -0.4 is 5.56 Å². The molecule has 2 aromatic rings. The highest BCUT2D eigenvalue weighted by molar-refractivity contribution is 7.16. The molecule has 0 bridgehead atoms. The fourth-order valence-electron chi connectivity index (χ4n) is 3.18. The molecule has 0 aliphatic carbocycles. The predicted octanol–water partition coefficient (Wildman–Crippen LogP) is 1.61. The Labute approximate surface area is 138 Å². The second-order valence-electron chi connectivity index (χ2n) is 6.02. The summed E-state index contributed by atoms with van der Waals surface area (Å²) in [6.07, 6.45) is 4.09. The van der Waals surface area contributed by atoms with Gasteiger partial charge >= 0.3 is 0 Å². The maximum absolute atomic E-state index is 12.5. The van der Waals surface area contributed by atoms with Crippen molar-refractivity contribution in [1.82, 2.24) is 14.5 Å². The van der Waals surface area contributed by atoms with Crippen LogP contribution in [0.1, 0.15) is 32.6 Å². The van der Waals surface area contributed by atoms with Crippen molar-refractivity contribution in [2.45, 2.75) is 51.3 Å². The first kappa shape index (κ1) is 16.1.